The number of nitriles is 1. The minimum atomic E-state index is -0.288. The van der Waals surface area contributed by atoms with Gasteiger partial charge in [-0.3, -0.25) is 4.79 Å². The summed E-state index contributed by atoms with van der Waals surface area (Å²) in [6.07, 6.45) is 2.72. The molecule has 0 fully saturated rings. The minimum absolute atomic E-state index is 0.288. The van der Waals surface area contributed by atoms with E-state index in [1.165, 1.54) is 0 Å². The number of carbonyl (C=O) groups excluding carboxylic acids is 1. The average Bonchev–Trinajstić information content (AvgIpc) is 2.90. The van der Waals surface area contributed by atoms with Crippen molar-refractivity contribution in [1.82, 2.24) is 5.16 Å². The van der Waals surface area contributed by atoms with Gasteiger partial charge in [0.2, 0.25) is 0 Å². The number of hydrogen-bond acceptors (Lipinski definition) is 4. The van der Waals surface area contributed by atoms with Crippen molar-refractivity contribution in [3.63, 3.8) is 0 Å². The van der Waals surface area contributed by atoms with Gasteiger partial charge in [-0.25, -0.2) is 0 Å². The monoisotopic (exact) mass is 281 g/mol. The molecule has 5 nitrogen and oxygen atoms in total. The Morgan fingerprint density at radius 3 is 3.19 bits per heavy atom. The van der Waals surface area contributed by atoms with Crippen LogP contribution in [0.25, 0.3) is 0 Å². The lowest BCUT2D eigenvalue weighted by Gasteiger charge is -2.16. The van der Waals surface area contributed by atoms with Gasteiger partial charge in [0.05, 0.1) is 11.6 Å². The number of anilines is 1. The van der Waals surface area contributed by atoms with Gasteiger partial charge >= 0.3 is 0 Å². The van der Waals surface area contributed by atoms with Crippen LogP contribution in [0.3, 0.4) is 0 Å². The molecule has 2 aromatic rings. The topological polar surface area (TPSA) is 78.9 Å². The Balaban J connectivity index is 1.83. The summed E-state index contributed by atoms with van der Waals surface area (Å²) < 4.78 is 5.28. The third-order valence-corrected chi connectivity index (χ3v) is 3.75. The Hall–Kier alpha value is -2.61. The van der Waals surface area contributed by atoms with E-state index in [0.29, 0.717) is 22.9 Å². The van der Waals surface area contributed by atoms with E-state index in [9.17, 15) is 4.79 Å². The molecule has 0 bridgehead atoms. The third-order valence-electron chi connectivity index (χ3n) is 3.75. The largest absolute Gasteiger partial charge is 0.360 e. The van der Waals surface area contributed by atoms with Crippen LogP contribution in [0.2, 0.25) is 0 Å². The van der Waals surface area contributed by atoms with Crippen LogP contribution in [0.4, 0.5) is 5.69 Å². The quantitative estimate of drug-likeness (QED) is 0.917. The average molecular weight is 281 g/mol. The molecule has 1 N–H and O–H groups in total. The van der Waals surface area contributed by atoms with Crippen molar-refractivity contribution in [3.8, 4) is 6.07 Å². The number of benzene rings is 1. The molecule has 106 valence electrons. The van der Waals surface area contributed by atoms with E-state index in [-0.39, 0.29) is 5.91 Å². The summed E-state index contributed by atoms with van der Waals surface area (Å²) in [5.41, 5.74) is 2.37. The fourth-order valence-corrected chi connectivity index (χ4v) is 2.61. The first-order chi connectivity index (χ1) is 10.2. The second-order valence-electron chi connectivity index (χ2n) is 5.43. The number of aryl methyl sites for hydroxylation is 1. The summed E-state index contributed by atoms with van der Waals surface area (Å²) in [6.45, 7) is 2.16. The number of carbonyl (C=O) groups is 1. The van der Waals surface area contributed by atoms with Crippen LogP contribution in [0.1, 0.15) is 40.7 Å². The molecule has 1 aromatic carbocycles. The third kappa shape index (κ3) is 2.65. The van der Waals surface area contributed by atoms with E-state index in [1.807, 2.05) is 6.07 Å². The molecular weight excluding hydrogens is 266 g/mol. The van der Waals surface area contributed by atoms with Crippen LogP contribution in [-0.2, 0) is 12.8 Å². The molecule has 1 heterocycles. The number of aromatic nitrogens is 1. The van der Waals surface area contributed by atoms with Crippen LogP contribution in [0.5, 0.6) is 0 Å². The lowest BCUT2D eigenvalue weighted by atomic mass is 9.88. The smallest absolute Gasteiger partial charge is 0.278 e. The molecule has 0 radical (unpaired) electrons. The molecule has 1 aromatic heterocycles. The second kappa shape index (κ2) is 5.41. The molecule has 0 saturated heterocycles. The van der Waals surface area contributed by atoms with Crippen molar-refractivity contribution < 1.29 is 9.32 Å². The van der Waals surface area contributed by atoms with Crippen LogP contribution in [0, 0.1) is 17.2 Å². The van der Waals surface area contributed by atoms with Crippen molar-refractivity contribution in [2.24, 2.45) is 5.92 Å². The Kier molecular flexibility index (Phi) is 3.44. The Labute approximate surface area is 122 Å². The Morgan fingerprint density at radius 2 is 2.38 bits per heavy atom. The molecule has 1 aliphatic carbocycles. The van der Waals surface area contributed by atoms with Gasteiger partial charge < -0.3 is 9.84 Å². The molecule has 21 heavy (non-hydrogen) atoms. The molecule has 1 aliphatic rings. The fraction of sp³-hybridized carbons (Fsp3) is 0.312. The predicted molar refractivity (Wildman–Crippen MR) is 76.8 cm³/mol. The highest BCUT2D eigenvalue weighted by Gasteiger charge is 2.26. The first-order valence-electron chi connectivity index (χ1n) is 6.96. The molecule has 3 rings (SSSR count). The maximum absolute atomic E-state index is 12.3. The number of amides is 1. The minimum Gasteiger partial charge on any atom is -0.360 e. The summed E-state index contributed by atoms with van der Waals surface area (Å²) in [5.74, 6) is 1.07. The van der Waals surface area contributed by atoms with Crippen LogP contribution < -0.4 is 5.32 Å². The van der Waals surface area contributed by atoms with E-state index in [2.05, 4.69) is 17.4 Å². The second-order valence-corrected chi connectivity index (χ2v) is 5.43. The van der Waals surface area contributed by atoms with Gasteiger partial charge in [0.25, 0.3) is 5.91 Å². The first-order valence-corrected chi connectivity index (χ1v) is 6.96. The summed E-state index contributed by atoms with van der Waals surface area (Å²) >= 11 is 0. The van der Waals surface area contributed by atoms with Crippen molar-refractivity contribution in [1.29, 1.82) is 5.26 Å². The number of nitrogens with one attached hydrogen (secondary N) is 1. The molecule has 1 atom stereocenters. The molecule has 0 saturated carbocycles. The SMILES string of the molecule is C[C@H]1CCc2onc(C(=O)Nc3cccc(C#N)c3)c2C1. The zero-order valence-corrected chi connectivity index (χ0v) is 11.7. The van der Waals surface area contributed by atoms with Crippen molar-refractivity contribution in [3.05, 3.63) is 46.8 Å². The van der Waals surface area contributed by atoms with E-state index in [4.69, 9.17) is 9.78 Å². The lowest BCUT2D eigenvalue weighted by Crippen LogP contribution is -2.17. The summed E-state index contributed by atoms with van der Waals surface area (Å²) in [6, 6.07) is 8.84. The van der Waals surface area contributed by atoms with E-state index in [1.54, 1.807) is 24.3 Å². The van der Waals surface area contributed by atoms with Crippen molar-refractivity contribution >= 4 is 11.6 Å². The summed E-state index contributed by atoms with van der Waals surface area (Å²) in [7, 11) is 0. The first kappa shape index (κ1) is 13.4. The fourth-order valence-electron chi connectivity index (χ4n) is 2.61. The maximum Gasteiger partial charge on any atom is 0.278 e. The normalized spacial score (nSPS) is 16.9. The lowest BCUT2D eigenvalue weighted by molar-refractivity contribution is 0.101. The van der Waals surface area contributed by atoms with Gasteiger partial charge in [-0.15, -0.1) is 0 Å². The molecule has 0 spiro atoms. The van der Waals surface area contributed by atoms with Crippen LogP contribution in [0.15, 0.2) is 28.8 Å². The van der Waals surface area contributed by atoms with Gasteiger partial charge in [-0.2, -0.15) is 5.26 Å². The predicted octanol–water partition coefficient (Wildman–Crippen LogP) is 2.92. The van der Waals surface area contributed by atoms with E-state index < -0.39 is 0 Å². The number of rotatable bonds is 2. The Morgan fingerprint density at radius 1 is 1.52 bits per heavy atom. The summed E-state index contributed by atoms with van der Waals surface area (Å²) in [4.78, 5) is 12.3. The molecule has 0 aliphatic heterocycles. The zero-order valence-electron chi connectivity index (χ0n) is 11.7. The highest BCUT2D eigenvalue weighted by Crippen LogP contribution is 2.28. The van der Waals surface area contributed by atoms with Crippen molar-refractivity contribution in [2.75, 3.05) is 5.32 Å². The molecule has 5 heteroatoms. The van der Waals surface area contributed by atoms with Gasteiger partial charge in [0.15, 0.2) is 5.69 Å². The number of hydrogen-bond donors (Lipinski definition) is 1. The van der Waals surface area contributed by atoms with Crippen LogP contribution >= 0.6 is 0 Å². The number of nitrogens with zero attached hydrogens (tertiary/aromatic N) is 2. The maximum atomic E-state index is 12.3. The standard InChI is InChI=1S/C16H15N3O2/c1-10-5-6-14-13(7-10)15(19-21-14)16(20)18-12-4-2-3-11(8-12)9-17/h2-4,8,10H,5-7H2,1H3,(H,18,20)/t10-/m0/s1. The summed E-state index contributed by atoms with van der Waals surface area (Å²) in [5, 5.41) is 15.6. The Bertz CT molecular complexity index is 727. The van der Waals surface area contributed by atoms with E-state index >= 15 is 0 Å². The highest BCUT2D eigenvalue weighted by molar-refractivity contribution is 6.04. The molecule has 1 amide bonds. The molecular formula is C16H15N3O2. The molecule has 0 unspecified atom stereocenters. The highest BCUT2D eigenvalue weighted by atomic mass is 16.5. The van der Waals surface area contributed by atoms with Gasteiger partial charge in [0, 0.05) is 17.7 Å². The van der Waals surface area contributed by atoms with Gasteiger partial charge in [-0.1, -0.05) is 18.1 Å². The van der Waals surface area contributed by atoms with Crippen molar-refractivity contribution in [2.45, 2.75) is 26.2 Å². The van der Waals surface area contributed by atoms with Gasteiger partial charge in [0.1, 0.15) is 5.76 Å². The van der Waals surface area contributed by atoms with Gasteiger partial charge in [-0.05, 0) is 37.0 Å². The zero-order chi connectivity index (χ0) is 14.8. The van der Waals surface area contributed by atoms with Crippen LogP contribution in [-0.4, -0.2) is 11.1 Å². The number of fused-ring (bicyclic) bond motifs is 1. The van der Waals surface area contributed by atoms with E-state index in [0.717, 1.165) is 30.6 Å².